The Kier molecular flexibility index (Phi) is 6.51. The SMILES string of the molecule is Cc1ccccc1CSCCNC(=O)[C@H]1CN(S(C)(=O)=O)c2ccccc2O1. The van der Waals surface area contributed by atoms with Gasteiger partial charge in [0.15, 0.2) is 6.10 Å². The van der Waals surface area contributed by atoms with E-state index in [1.165, 1.54) is 15.4 Å². The maximum Gasteiger partial charge on any atom is 0.263 e. The number of para-hydroxylation sites is 2. The van der Waals surface area contributed by atoms with Crippen LogP contribution in [0.15, 0.2) is 48.5 Å². The quantitative estimate of drug-likeness (QED) is 0.697. The highest BCUT2D eigenvalue weighted by Gasteiger charge is 2.34. The maximum absolute atomic E-state index is 12.5. The smallest absolute Gasteiger partial charge is 0.263 e. The fourth-order valence-electron chi connectivity index (χ4n) is 2.97. The lowest BCUT2D eigenvalue weighted by atomic mass is 10.1. The van der Waals surface area contributed by atoms with Crippen molar-refractivity contribution < 1.29 is 17.9 Å². The van der Waals surface area contributed by atoms with Gasteiger partial charge >= 0.3 is 0 Å². The van der Waals surface area contributed by atoms with Crippen LogP contribution in [0.3, 0.4) is 0 Å². The van der Waals surface area contributed by atoms with Gasteiger partial charge in [-0.25, -0.2) is 8.42 Å². The number of nitrogens with zero attached hydrogens (tertiary/aromatic N) is 1. The van der Waals surface area contributed by atoms with Crippen LogP contribution in [0.2, 0.25) is 0 Å². The van der Waals surface area contributed by atoms with Crippen LogP contribution in [0.5, 0.6) is 5.75 Å². The lowest BCUT2D eigenvalue weighted by Crippen LogP contribution is -2.50. The highest BCUT2D eigenvalue weighted by molar-refractivity contribution is 7.98. The molecule has 0 aliphatic carbocycles. The predicted molar refractivity (Wildman–Crippen MR) is 113 cm³/mol. The van der Waals surface area contributed by atoms with Gasteiger partial charge in [-0.2, -0.15) is 11.8 Å². The van der Waals surface area contributed by atoms with E-state index < -0.39 is 16.1 Å². The summed E-state index contributed by atoms with van der Waals surface area (Å²) in [5, 5.41) is 2.85. The van der Waals surface area contributed by atoms with E-state index in [0.717, 1.165) is 17.8 Å². The number of benzene rings is 2. The summed E-state index contributed by atoms with van der Waals surface area (Å²) in [6.45, 7) is 2.55. The molecule has 1 aliphatic rings. The standard InChI is InChI=1S/C20H24N2O4S2/c1-15-7-3-4-8-16(15)14-27-12-11-21-20(23)19-13-22(28(2,24)25)17-9-5-6-10-18(17)26-19/h3-10,19H,11-14H2,1-2H3,(H,21,23)/t19-/m1/s1. The minimum Gasteiger partial charge on any atom is -0.476 e. The van der Waals surface area contributed by atoms with Crippen molar-refractivity contribution in [3.05, 3.63) is 59.7 Å². The van der Waals surface area contributed by atoms with Crippen molar-refractivity contribution in [3.8, 4) is 5.75 Å². The Morgan fingerprint density at radius 1 is 1.21 bits per heavy atom. The zero-order chi connectivity index (χ0) is 20.1. The van der Waals surface area contributed by atoms with E-state index >= 15 is 0 Å². The van der Waals surface area contributed by atoms with Gasteiger partial charge in [-0.15, -0.1) is 0 Å². The number of anilines is 1. The predicted octanol–water partition coefficient (Wildman–Crippen LogP) is 2.57. The fraction of sp³-hybridized carbons (Fsp3) is 0.350. The molecule has 1 heterocycles. The van der Waals surface area contributed by atoms with Crippen molar-refractivity contribution in [2.24, 2.45) is 0 Å². The van der Waals surface area contributed by atoms with E-state index in [-0.39, 0.29) is 12.5 Å². The molecule has 0 unspecified atom stereocenters. The van der Waals surface area contributed by atoms with Gasteiger partial charge in [-0.3, -0.25) is 9.10 Å². The molecule has 0 saturated heterocycles. The lowest BCUT2D eigenvalue weighted by molar-refractivity contribution is -0.127. The highest BCUT2D eigenvalue weighted by atomic mass is 32.2. The van der Waals surface area contributed by atoms with Gasteiger partial charge in [-0.05, 0) is 30.2 Å². The summed E-state index contributed by atoms with van der Waals surface area (Å²) in [7, 11) is -3.50. The van der Waals surface area contributed by atoms with Crippen molar-refractivity contribution in [2.75, 3.05) is 29.4 Å². The van der Waals surface area contributed by atoms with Crippen molar-refractivity contribution in [2.45, 2.75) is 18.8 Å². The molecule has 1 atom stereocenters. The first-order chi connectivity index (χ1) is 13.4. The number of rotatable bonds is 7. The zero-order valence-corrected chi connectivity index (χ0v) is 17.6. The molecular weight excluding hydrogens is 396 g/mol. The van der Waals surface area contributed by atoms with Crippen molar-refractivity contribution in [1.82, 2.24) is 5.32 Å². The van der Waals surface area contributed by atoms with Gasteiger partial charge in [-0.1, -0.05) is 36.4 Å². The normalized spacial score (nSPS) is 16.2. The number of hydrogen-bond acceptors (Lipinski definition) is 5. The number of carbonyl (C=O) groups excluding carboxylic acids is 1. The Hall–Kier alpha value is -2.19. The first-order valence-electron chi connectivity index (χ1n) is 8.99. The first kappa shape index (κ1) is 20.5. The van der Waals surface area contributed by atoms with Crippen LogP contribution in [0, 0.1) is 6.92 Å². The zero-order valence-electron chi connectivity index (χ0n) is 15.9. The molecular formula is C20H24N2O4S2. The van der Waals surface area contributed by atoms with Crippen LogP contribution in [0.1, 0.15) is 11.1 Å². The summed E-state index contributed by atoms with van der Waals surface area (Å²) in [6.07, 6.45) is 0.262. The van der Waals surface area contributed by atoms with E-state index in [0.29, 0.717) is 18.0 Å². The van der Waals surface area contributed by atoms with E-state index in [2.05, 4.69) is 24.4 Å². The third kappa shape index (κ3) is 4.99. The van der Waals surface area contributed by atoms with Gasteiger partial charge in [0, 0.05) is 18.1 Å². The monoisotopic (exact) mass is 420 g/mol. The number of fused-ring (bicyclic) bond motifs is 1. The van der Waals surface area contributed by atoms with Gasteiger partial charge in [0.25, 0.3) is 5.91 Å². The molecule has 6 nitrogen and oxygen atoms in total. The molecule has 2 aromatic carbocycles. The minimum atomic E-state index is -3.50. The topological polar surface area (TPSA) is 75.7 Å². The second-order valence-corrected chi connectivity index (χ2v) is 9.65. The van der Waals surface area contributed by atoms with E-state index in [4.69, 9.17) is 4.74 Å². The third-order valence-corrected chi connectivity index (χ3v) is 6.65. The van der Waals surface area contributed by atoms with Gasteiger partial charge in [0.2, 0.25) is 10.0 Å². The first-order valence-corrected chi connectivity index (χ1v) is 12.0. The van der Waals surface area contributed by atoms with Crippen LogP contribution >= 0.6 is 11.8 Å². The molecule has 28 heavy (non-hydrogen) atoms. The van der Waals surface area contributed by atoms with Crippen LogP contribution in [0.25, 0.3) is 0 Å². The number of ether oxygens (including phenoxy) is 1. The fourth-order valence-corrected chi connectivity index (χ4v) is 4.82. The number of amides is 1. The molecule has 0 radical (unpaired) electrons. The van der Waals surface area contributed by atoms with Crippen molar-refractivity contribution in [1.29, 1.82) is 0 Å². The molecule has 0 spiro atoms. The summed E-state index contributed by atoms with van der Waals surface area (Å²) in [5.41, 5.74) is 3.01. The Morgan fingerprint density at radius 2 is 1.93 bits per heavy atom. The second-order valence-electron chi connectivity index (χ2n) is 6.64. The van der Waals surface area contributed by atoms with Crippen molar-refractivity contribution in [3.63, 3.8) is 0 Å². The Balaban J connectivity index is 1.53. The molecule has 1 N–H and O–H groups in total. The van der Waals surface area contributed by atoms with E-state index in [9.17, 15) is 13.2 Å². The summed E-state index contributed by atoms with van der Waals surface area (Å²) in [4.78, 5) is 12.5. The molecule has 2 aromatic rings. The number of sulfonamides is 1. The number of thioether (sulfide) groups is 1. The van der Waals surface area contributed by atoms with Gasteiger partial charge in [0.05, 0.1) is 18.5 Å². The van der Waals surface area contributed by atoms with E-state index in [1.54, 1.807) is 36.0 Å². The number of nitrogens with one attached hydrogen (secondary N) is 1. The molecule has 0 fully saturated rings. The van der Waals surface area contributed by atoms with Crippen molar-refractivity contribution >= 4 is 33.4 Å². The van der Waals surface area contributed by atoms with Crippen LogP contribution < -0.4 is 14.4 Å². The average molecular weight is 421 g/mol. The Bertz CT molecular complexity index is 947. The number of hydrogen-bond donors (Lipinski definition) is 1. The van der Waals surface area contributed by atoms with Crippen LogP contribution in [-0.4, -0.2) is 45.5 Å². The van der Waals surface area contributed by atoms with Crippen LogP contribution in [0.4, 0.5) is 5.69 Å². The summed E-state index contributed by atoms with van der Waals surface area (Å²) in [6, 6.07) is 15.1. The summed E-state index contributed by atoms with van der Waals surface area (Å²) >= 11 is 1.74. The molecule has 8 heteroatoms. The molecule has 0 saturated carbocycles. The third-order valence-electron chi connectivity index (χ3n) is 4.49. The summed E-state index contributed by atoms with van der Waals surface area (Å²) < 4.78 is 31.2. The average Bonchev–Trinajstić information content (AvgIpc) is 2.67. The molecule has 0 bridgehead atoms. The largest absolute Gasteiger partial charge is 0.476 e. The van der Waals surface area contributed by atoms with Gasteiger partial charge < -0.3 is 10.1 Å². The number of carbonyl (C=O) groups is 1. The van der Waals surface area contributed by atoms with E-state index in [1.807, 2.05) is 12.1 Å². The second kappa shape index (κ2) is 8.87. The highest BCUT2D eigenvalue weighted by Crippen LogP contribution is 2.34. The lowest BCUT2D eigenvalue weighted by Gasteiger charge is -2.33. The molecule has 3 rings (SSSR count). The summed E-state index contributed by atoms with van der Waals surface area (Å²) in [5.74, 6) is 1.74. The molecule has 0 aromatic heterocycles. The number of aryl methyl sites for hydroxylation is 1. The Morgan fingerprint density at radius 3 is 2.68 bits per heavy atom. The maximum atomic E-state index is 12.5. The molecule has 1 amide bonds. The molecule has 150 valence electrons. The minimum absolute atomic E-state index is 0.0297. The Labute approximate surface area is 170 Å². The van der Waals surface area contributed by atoms with Gasteiger partial charge in [0.1, 0.15) is 5.75 Å². The molecule has 1 aliphatic heterocycles. The van der Waals surface area contributed by atoms with Crippen LogP contribution in [-0.2, 0) is 20.6 Å².